The molecule has 21 heteroatoms. The maximum absolute atomic E-state index is 13.6. The van der Waals surface area contributed by atoms with Crippen molar-refractivity contribution in [2.45, 2.75) is 137 Å². The summed E-state index contributed by atoms with van der Waals surface area (Å²) in [4.78, 5) is 27.1. The number of ether oxygens (including phenoxy) is 16. The number of Topliss-reactive ketones (excluding diaryl/α,β-unsaturated/α-hetero) is 2. The molecule has 2 aliphatic carbocycles. The van der Waals surface area contributed by atoms with Gasteiger partial charge in [0.05, 0.1) is 89.0 Å². The number of phenolic OH excluding ortho intramolecular Hbond substituents is 2. The molecular formula is C56H59NO20. The van der Waals surface area contributed by atoms with Crippen molar-refractivity contribution in [1.82, 2.24) is 5.32 Å². The van der Waals surface area contributed by atoms with Crippen LogP contribution in [0, 0.1) is 13.8 Å². The second-order valence-electron chi connectivity index (χ2n) is 22.3. The van der Waals surface area contributed by atoms with E-state index in [1.807, 2.05) is 26.0 Å². The third-order valence-corrected chi connectivity index (χ3v) is 18.4. The quantitative estimate of drug-likeness (QED) is 0.125. The highest BCUT2D eigenvalue weighted by molar-refractivity contribution is 6.13. The van der Waals surface area contributed by atoms with Crippen LogP contribution < -0.4 is 24.3 Å². The third kappa shape index (κ3) is 5.73. The zero-order chi connectivity index (χ0) is 52.2. The molecule has 3 N–H and O–H groups in total. The predicted octanol–water partition coefficient (Wildman–Crippen LogP) is 4.97. The molecular weight excluding hydrogens is 1010 g/mol. The Balaban J connectivity index is 0.718. The molecule has 408 valence electrons. The number of nitrogens with one attached hydrogen (secondary N) is 1. The first-order chi connectivity index (χ1) is 37.4. The Morgan fingerprint density at radius 1 is 0.597 bits per heavy atom. The van der Waals surface area contributed by atoms with Crippen LogP contribution in [0.25, 0.3) is 21.5 Å². The lowest BCUT2D eigenvalue weighted by Crippen LogP contribution is -2.71. The standard InChI is InChI=1S/C56H59NO20/c1-25-21-29-37(39(60)35-27(41(29)62-3)9-5-11-31(35)58)43-33(25)45-47-53(72-43,51(23-70-51)55(74-45,76-47)49-64-15-7-16-65-49)68-19-13-57-14-20-69-54-48-46(75-56(77-48,52(54)24-71-52)50-66-17-8-18-67-50)34-26(2)22-30-38(44(34)73-54)40(61)36-28(42(30)63-4)10-6-12-32(36)59/h21-22,45-50,57,60-61H,5-20,23-24H2,1-4H3/t45-,46-,47?,48?,51?,52?,53?,54?,55?,56?/m1/s1. The summed E-state index contributed by atoms with van der Waals surface area (Å²) >= 11 is 0. The Hall–Kier alpha value is -4.98. The summed E-state index contributed by atoms with van der Waals surface area (Å²) < 4.78 is 106. The van der Waals surface area contributed by atoms with E-state index >= 15 is 0 Å². The molecule has 8 unspecified atom stereocenters. The van der Waals surface area contributed by atoms with E-state index < -0.39 is 71.3 Å². The van der Waals surface area contributed by atoms with E-state index in [2.05, 4.69) is 5.32 Å². The average molecular weight is 1070 g/mol. The number of epoxide rings is 2. The number of hydrogen-bond acceptors (Lipinski definition) is 21. The van der Waals surface area contributed by atoms with E-state index in [4.69, 9.17) is 75.8 Å². The summed E-state index contributed by atoms with van der Waals surface area (Å²) in [7, 11) is 3.14. The van der Waals surface area contributed by atoms with Gasteiger partial charge >= 0.3 is 0 Å². The van der Waals surface area contributed by atoms with Crippen molar-refractivity contribution in [1.29, 1.82) is 0 Å². The summed E-state index contributed by atoms with van der Waals surface area (Å²) in [5.74, 6) is -5.51. The van der Waals surface area contributed by atoms with Crippen LogP contribution in [-0.4, -0.2) is 161 Å². The van der Waals surface area contributed by atoms with E-state index in [1.54, 1.807) is 14.2 Å². The Kier molecular flexibility index (Phi) is 10.2. The van der Waals surface area contributed by atoms with Gasteiger partial charge in [-0.2, -0.15) is 0 Å². The fraction of sp³-hybridized carbons (Fsp3) is 0.607. The number of phenols is 2. The molecule has 0 aromatic heterocycles. The van der Waals surface area contributed by atoms with Crippen molar-refractivity contribution in [2.24, 2.45) is 0 Å². The molecule has 2 spiro atoms. The highest BCUT2D eigenvalue weighted by Gasteiger charge is 2.95. The lowest BCUT2D eigenvalue weighted by Gasteiger charge is -2.50. The maximum atomic E-state index is 13.6. The molecule has 0 saturated carbocycles. The molecule has 4 aromatic carbocycles. The first-order valence-corrected chi connectivity index (χ1v) is 27.1. The topological polar surface area (TPSA) is 241 Å². The van der Waals surface area contributed by atoms with E-state index in [9.17, 15) is 19.8 Å². The number of aryl methyl sites for hydroxylation is 2. The van der Waals surface area contributed by atoms with Gasteiger partial charge in [0.15, 0.2) is 23.8 Å². The smallest absolute Gasteiger partial charge is 0.277 e. The molecule has 10 heterocycles. The molecule has 8 fully saturated rings. The van der Waals surface area contributed by atoms with Gasteiger partial charge in [-0.3, -0.25) is 9.59 Å². The number of carbonyl (C=O) groups is 2. The van der Waals surface area contributed by atoms with Gasteiger partial charge in [-0.05, 0) is 75.6 Å². The number of hydrogen-bond donors (Lipinski definition) is 3. The van der Waals surface area contributed by atoms with Crippen molar-refractivity contribution in [3.05, 3.63) is 56.6 Å². The van der Waals surface area contributed by atoms with E-state index in [0.717, 1.165) is 11.1 Å². The van der Waals surface area contributed by atoms with Crippen LogP contribution in [0.2, 0.25) is 0 Å². The molecule has 0 radical (unpaired) electrons. The number of methoxy groups -OCH3 is 2. The maximum Gasteiger partial charge on any atom is 0.277 e. The minimum absolute atomic E-state index is 0.0705. The molecule has 77 heavy (non-hydrogen) atoms. The highest BCUT2D eigenvalue weighted by Crippen LogP contribution is 2.74. The zero-order valence-corrected chi connectivity index (χ0v) is 43.1. The van der Waals surface area contributed by atoms with Gasteiger partial charge in [0.2, 0.25) is 23.8 Å². The second-order valence-corrected chi connectivity index (χ2v) is 22.3. The van der Waals surface area contributed by atoms with Crippen molar-refractivity contribution in [3.63, 3.8) is 0 Å². The first kappa shape index (κ1) is 48.0. The number of rotatable bonds is 12. The molecule has 12 aliphatic rings. The molecule has 10 atom stereocenters. The summed E-state index contributed by atoms with van der Waals surface area (Å²) in [5.41, 5.74) is 1.98. The molecule has 4 bridgehead atoms. The van der Waals surface area contributed by atoms with Gasteiger partial charge in [-0.1, -0.05) is 0 Å². The summed E-state index contributed by atoms with van der Waals surface area (Å²) in [6, 6.07) is 3.88. The minimum Gasteiger partial charge on any atom is -0.506 e. The monoisotopic (exact) mass is 1070 g/mol. The number of carbonyl (C=O) groups excluding carboxylic acids is 2. The van der Waals surface area contributed by atoms with Gasteiger partial charge in [0.1, 0.15) is 46.7 Å². The largest absolute Gasteiger partial charge is 0.506 e. The lowest BCUT2D eigenvalue weighted by atomic mass is 9.78. The van der Waals surface area contributed by atoms with E-state index in [0.29, 0.717) is 145 Å². The van der Waals surface area contributed by atoms with Crippen molar-refractivity contribution >= 4 is 33.1 Å². The fourth-order valence-corrected chi connectivity index (χ4v) is 15.1. The molecule has 4 aromatic rings. The van der Waals surface area contributed by atoms with Crippen LogP contribution in [-0.2, 0) is 69.7 Å². The van der Waals surface area contributed by atoms with Gasteiger partial charge in [0, 0.05) is 59.0 Å². The van der Waals surface area contributed by atoms with Gasteiger partial charge < -0.3 is 91.3 Å². The SMILES string of the molecule is COc1c2c(c(O)c3c4c(c(C)cc13)[C@H]1OC3(C5OCCCO5)OC1C(OCCNCCOC15Oc6c(c(C)cc7c(OC)c8c(c(O)c67)C(=O)CCC8)[C@H]6OC(C7OCCCO7)(OC61)C51CO1)(O4)C31CO1)C(=O)CCC2. The van der Waals surface area contributed by atoms with Gasteiger partial charge in [0.25, 0.3) is 23.1 Å². The van der Waals surface area contributed by atoms with Crippen molar-refractivity contribution in [2.75, 3.05) is 80.2 Å². The van der Waals surface area contributed by atoms with Crippen LogP contribution in [0.3, 0.4) is 0 Å². The molecule has 0 amide bonds. The molecule has 8 saturated heterocycles. The first-order valence-electron chi connectivity index (χ1n) is 27.1. The second kappa shape index (κ2) is 16.3. The average Bonchev–Trinajstić information content (AvgIpc) is 2.42. The highest BCUT2D eigenvalue weighted by atomic mass is 16.9. The number of fused-ring (bicyclic) bond motifs is 16. The summed E-state index contributed by atoms with van der Waals surface area (Å²) in [6.07, 6.45) is -0.786. The summed E-state index contributed by atoms with van der Waals surface area (Å²) in [5, 5.41) is 29.7. The van der Waals surface area contributed by atoms with Crippen LogP contribution in [0.15, 0.2) is 12.1 Å². The number of benzene rings is 4. The lowest BCUT2D eigenvalue weighted by molar-refractivity contribution is -0.367. The third-order valence-electron chi connectivity index (χ3n) is 18.4. The summed E-state index contributed by atoms with van der Waals surface area (Å²) in [6.45, 7) is 6.53. The number of ketones is 2. The predicted molar refractivity (Wildman–Crippen MR) is 261 cm³/mol. The van der Waals surface area contributed by atoms with Crippen LogP contribution >= 0.6 is 0 Å². The molecule has 16 rings (SSSR count). The van der Waals surface area contributed by atoms with E-state index in [1.165, 1.54) is 0 Å². The van der Waals surface area contributed by atoms with Crippen molar-refractivity contribution in [3.8, 4) is 34.5 Å². The number of aromatic hydroxyl groups is 2. The van der Waals surface area contributed by atoms with Crippen LogP contribution in [0.1, 0.15) is 105 Å². The fourth-order valence-electron chi connectivity index (χ4n) is 15.1. The van der Waals surface area contributed by atoms with E-state index in [-0.39, 0.29) is 73.7 Å². The minimum atomic E-state index is -1.64. The normalized spacial score (nSPS) is 36.8. The van der Waals surface area contributed by atoms with Crippen molar-refractivity contribution < 1.29 is 95.6 Å². The van der Waals surface area contributed by atoms with Gasteiger partial charge in [-0.15, -0.1) is 0 Å². The zero-order valence-electron chi connectivity index (χ0n) is 43.1. The molecule has 21 nitrogen and oxygen atoms in total. The Bertz CT molecular complexity index is 3060. The Morgan fingerprint density at radius 2 is 1.01 bits per heavy atom. The molecule has 10 aliphatic heterocycles. The van der Waals surface area contributed by atoms with Crippen LogP contribution in [0.4, 0.5) is 0 Å². The van der Waals surface area contributed by atoms with Gasteiger partial charge in [-0.25, -0.2) is 0 Å². The van der Waals surface area contributed by atoms with Crippen LogP contribution in [0.5, 0.6) is 34.5 Å². The Morgan fingerprint density at radius 3 is 1.40 bits per heavy atom. The Labute approximate surface area is 440 Å².